The Morgan fingerprint density at radius 1 is 1.35 bits per heavy atom. The maximum absolute atomic E-state index is 12.6. The number of hydrogen-bond donors (Lipinski definition) is 0. The summed E-state index contributed by atoms with van der Waals surface area (Å²) >= 11 is 1.58. The number of aromatic nitrogens is 2. The smallest absolute Gasteiger partial charge is 0.251 e. The molecule has 1 aromatic heterocycles. The molecule has 0 bridgehead atoms. The van der Waals surface area contributed by atoms with Gasteiger partial charge in [-0.05, 0) is 19.3 Å². The van der Waals surface area contributed by atoms with Gasteiger partial charge >= 0.3 is 0 Å². The molecule has 7 nitrogen and oxygen atoms in total. The molecule has 0 aliphatic carbocycles. The molecule has 3 saturated heterocycles. The van der Waals surface area contributed by atoms with Gasteiger partial charge in [0.1, 0.15) is 11.6 Å². The zero-order valence-corrected chi connectivity index (χ0v) is 14.0. The van der Waals surface area contributed by atoms with Gasteiger partial charge < -0.3 is 19.3 Å². The fraction of sp³-hybridized carbons (Fsp3) is 0.800. The highest BCUT2D eigenvalue weighted by atomic mass is 32.1. The van der Waals surface area contributed by atoms with Crippen molar-refractivity contribution in [1.82, 2.24) is 15.1 Å². The van der Waals surface area contributed by atoms with E-state index < -0.39 is 0 Å². The second-order valence-corrected chi connectivity index (χ2v) is 7.50. The van der Waals surface area contributed by atoms with Gasteiger partial charge in [-0.3, -0.25) is 4.79 Å². The molecule has 3 aliphatic rings. The van der Waals surface area contributed by atoms with Gasteiger partial charge in [0.15, 0.2) is 0 Å². The molecular weight excluding hydrogens is 316 g/mol. The van der Waals surface area contributed by atoms with Crippen LogP contribution in [0.2, 0.25) is 0 Å². The lowest BCUT2D eigenvalue weighted by molar-refractivity contribution is -0.144. The molecule has 0 radical (unpaired) electrons. The summed E-state index contributed by atoms with van der Waals surface area (Å²) in [6.07, 6.45) is 2.76. The summed E-state index contributed by atoms with van der Waals surface area (Å²) in [5.74, 6) is 0.137. The van der Waals surface area contributed by atoms with Crippen molar-refractivity contribution in [1.29, 1.82) is 0 Å². The molecule has 0 saturated carbocycles. The highest BCUT2D eigenvalue weighted by molar-refractivity contribution is 7.13. The fourth-order valence-electron chi connectivity index (χ4n) is 3.90. The Labute approximate surface area is 139 Å². The summed E-state index contributed by atoms with van der Waals surface area (Å²) in [5.41, 5.74) is 1.85. The zero-order valence-electron chi connectivity index (χ0n) is 13.1. The molecule has 0 aromatic carbocycles. The minimum atomic E-state index is -0.289. The van der Waals surface area contributed by atoms with Crippen LogP contribution in [0.15, 0.2) is 5.51 Å². The number of amides is 1. The van der Waals surface area contributed by atoms with Crippen molar-refractivity contribution in [3.63, 3.8) is 0 Å². The van der Waals surface area contributed by atoms with Crippen LogP contribution in [0.3, 0.4) is 0 Å². The third-order valence-electron chi connectivity index (χ3n) is 5.09. The lowest BCUT2D eigenvalue weighted by Gasteiger charge is -2.39. The number of ether oxygens (including phenoxy) is 2. The third kappa shape index (κ3) is 3.07. The van der Waals surface area contributed by atoms with Crippen LogP contribution in [-0.2, 0) is 14.3 Å². The van der Waals surface area contributed by atoms with E-state index in [2.05, 4.69) is 15.1 Å². The van der Waals surface area contributed by atoms with E-state index in [0.717, 1.165) is 37.5 Å². The summed E-state index contributed by atoms with van der Waals surface area (Å²) < 4.78 is 11.3. The van der Waals surface area contributed by atoms with Gasteiger partial charge in [-0.2, -0.15) is 0 Å². The van der Waals surface area contributed by atoms with Crippen LogP contribution >= 0.6 is 11.3 Å². The summed E-state index contributed by atoms with van der Waals surface area (Å²) in [7, 11) is 0. The average molecular weight is 338 g/mol. The fourth-order valence-corrected chi connectivity index (χ4v) is 4.48. The zero-order chi connectivity index (χ0) is 15.7. The Morgan fingerprint density at radius 2 is 2.22 bits per heavy atom. The van der Waals surface area contributed by atoms with E-state index in [1.165, 1.54) is 0 Å². The first-order valence-electron chi connectivity index (χ1n) is 8.25. The van der Waals surface area contributed by atoms with Crippen molar-refractivity contribution < 1.29 is 14.3 Å². The normalized spacial score (nSPS) is 31.7. The minimum Gasteiger partial charge on any atom is -0.378 e. The van der Waals surface area contributed by atoms with Gasteiger partial charge in [0.05, 0.1) is 19.8 Å². The largest absolute Gasteiger partial charge is 0.378 e. The third-order valence-corrected chi connectivity index (χ3v) is 5.84. The molecule has 126 valence electrons. The summed E-state index contributed by atoms with van der Waals surface area (Å²) in [6, 6.07) is 0. The van der Waals surface area contributed by atoms with Crippen molar-refractivity contribution >= 4 is 22.4 Å². The minimum absolute atomic E-state index is 0.0799. The Balaban J connectivity index is 1.41. The Hall–Kier alpha value is -1.25. The molecule has 3 fully saturated rings. The van der Waals surface area contributed by atoms with E-state index in [1.807, 2.05) is 4.90 Å². The first kappa shape index (κ1) is 15.3. The Kier molecular flexibility index (Phi) is 4.21. The maximum Gasteiger partial charge on any atom is 0.251 e. The molecule has 4 rings (SSSR count). The molecule has 8 heteroatoms. The standard InChI is InChI=1S/C15H22N4O3S/c20-13(18-4-6-21-7-5-18)12-8-15(10-22-12)2-1-3-19(9-15)14-17-16-11-23-14/h11-12H,1-10H2. The number of hydrogen-bond acceptors (Lipinski definition) is 7. The van der Waals surface area contributed by atoms with Gasteiger partial charge in [0.25, 0.3) is 5.91 Å². The van der Waals surface area contributed by atoms with Crippen LogP contribution in [-0.4, -0.2) is 73.1 Å². The molecule has 1 aromatic rings. The van der Waals surface area contributed by atoms with Crippen molar-refractivity contribution in [3.05, 3.63) is 5.51 Å². The van der Waals surface area contributed by atoms with Crippen LogP contribution in [0, 0.1) is 5.41 Å². The highest BCUT2D eigenvalue weighted by Gasteiger charge is 2.46. The van der Waals surface area contributed by atoms with Gasteiger partial charge in [0.2, 0.25) is 5.13 Å². The first-order valence-corrected chi connectivity index (χ1v) is 9.13. The van der Waals surface area contributed by atoms with E-state index in [0.29, 0.717) is 32.9 Å². The van der Waals surface area contributed by atoms with E-state index in [1.54, 1.807) is 16.8 Å². The van der Waals surface area contributed by atoms with Gasteiger partial charge in [0, 0.05) is 31.6 Å². The molecule has 1 spiro atoms. The van der Waals surface area contributed by atoms with Crippen LogP contribution in [0.1, 0.15) is 19.3 Å². The van der Waals surface area contributed by atoms with Crippen LogP contribution in [0.5, 0.6) is 0 Å². The summed E-state index contributed by atoms with van der Waals surface area (Å²) in [5, 5.41) is 9.11. The number of anilines is 1. The molecule has 3 aliphatic heterocycles. The molecule has 1 amide bonds. The topological polar surface area (TPSA) is 67.8 Å². The average Bonchev–Trinajstić information content (AvgIpc) is 3.26. The van der Waals surface area contributed by atoms with Crippen molar-refractivity contribution in [2.75, 3.05) is 50.9 Å². The van der Waals surface area contributed by atoms with E-state index >= 15 is 0 Å². The molecule has 23 heavy (non-hydrogen) atoms. The summed E-state index contributed by atoms with van der Waals surface area (Å²) in [4.78, 5) is 16.8. The Morgan fingerprint density at radius 3 is 3.00 bits per heavy atom. The predicted octanol–water partition coefficient (Wildman–Crippen LogP) is 0.772. The van der Waals surface area contributed by atoms with Crippen molar-refractivity contribution in [2.45, 2.75) is 25.4 Å². The van der Waals surface area contributed by atoms with Crippen LogP contribution in [0.25, 0.3) is 0 Å². The van der Waals surface area contributed by atoms with Crippen molar-refractivity contribution in [2.24, 2.45) is 5.41 Å². The number of rotatable bonds is 2. The first-order chi connectivity index (χ1) is 11.3. The van der Waals surface area contributed by atoms with Crippen molar-refractivity contribution in [3.8, 4) is 0 Å². The number of carbonyl (C=O) groups excluding carboxylic acids is 1. The lowest BCUT2D eigenvalue weighted by Crippen LogP contribution is -2.47. The van der Waals surface area contributed by atoms with E-state index in [4.69, 9.17) is 9.47 Å². The number of morpholine rings is 1. The maximum atomic E-state index is 12.6. The second-order valence-electron chi connectivity index (χ2n) is 6.69. The van der Waals surface area contributed by atoms with Gasteiger partial charge in [-0.15, -0.1) is 10.2 Å². The molecule has 0 N–H and O–H groups in total. The Bertz CT molecular complexity index is 549. The SMILES string of the molecule is O=C(C1CC2(CCCN(c3nncs3)C2)CO1)N1CCOCC1. The second kappa shape index (κ2) is 6.33. The monoisotopic (exact) mass is 338 g/mol. The highest BCUT2D eigenvalue weighted by Crippen LogP contribution is 2.42. The lowest BCUT2D eigenvalue weighted by atomic mass is 9.78. The summed E-state index contributed by atoms with van der Waals surface area (Å²) in [6.45, 7) is 5.23. The molecule has 4 heterocycles. The number of carbonyl (C=O) groups is 1. The number of nitrogens with zero attached hydrogens (tertiary/aromatic N) is 4. The molecule has 2 unspecified atom stereocenters. The van der Waals surface area contributed by atoms with Crippen LogP contribution < -0.4 is 4.90 Å². The quantitative estimate of drug-likeness (QED) is 0.794. The predicted molar refractivity (Wildman–Crippen MR) is 85.5 cm³/mol. The van der Waals surface area contributed by atoms with Gasteiger partial charge in [-0.25, -0.2) is 0 Å². The van der Waals surface area contributed by atoms with E-state index in [-0.39, 0.29) is 17.4 Å². The molecular formula is C15H22N4O3S. The van der Waals surface area contributed by atoms with Crippen LogP contribution in [0.4, 0.5) is 5.13 Å². The van der Waals surface area contributed by atoms with E-state index in [9.17, 15) is 4.79 Å². The number of piperidine rings is 1. The van der Waals surface area contributed by atoms with Gasteiger partial charge in [-0.1, -0.05) is 11.3 Å². The molecule has 2 atom stereocenters.